The third kappa shape index (κ3) is 3.14. The monoisotopic (exact) mass is 324 g/mol. The molecule has 1 heterocycles. The van der Waals surface area contributed by atoms with E-state index in [0.29, 0.717) is 12.5 Å². The molecule has 0 saturated heterocycles. The quantitative estimate of drug-likeness (QED) is 0.413. The number of carbonyl (C=O) groups excluding carboxylic acids is 1. The number of aromatic nitrogens is 2. The van der Waals surface area contributed by atoms with Gasteiger partial charge in [0.15, 0.2) is 5.03 Å². The lowest BCUT2D eigenvalue weighted by Crippen LogP contribution is -2.20. The Kier molecular flexibility index (Phi) is 4.27. The summed E-state index contributed by atoms with van der Waals surface area (Å²) in [6, 6.07) is 1.01. The summed E-state index contributed by atoms with van der Waals surface area (Å²) < 4.78 is 24.7. The van der Waals surface area contributed by atoms with Gasteiger partial charge in [0.25, 0.3) is 0 Å². The molecule has 22 heavy (non-hydrogen) atoms. The number of rotatable bonds is 5. The van der Waals surface area contributed by atoms with Crippen LogP contribution >= 0.6 is 0 Å². The number of carboxylic acids is 1. The first-order valence-electron chi connectivity index (χ1n) is 6.13. The number of aromatic amines is 1. The van der Waals surface area contributed by atoms with Gasteiger partial charge in [-0.2, -0.15) is 5.10 Å². The number of aliphatic hydroxyl groups excluding tert-OH is 1. The van der Waals surface area contributed by atoms with Gasteiger partial charge in [-0.3, -0.25) is 9.89 Å². The zero-order chi connectivity index (χ0) is 16.3. The first-order chi connectivity index (χ1) is 10.3. The summed E-state index contributed by atoms with van der Waals surface area (Å²) in [4.78, 5) is 22.1. The van der Waals surface area contributed by atoms with Gasteiger partial charge in [0.05, 0.1) is 5.25 Å². The molecule has 0 fully saturated rings. The van der Waals surface area contributed by atoms with Crippen LogP contribution in [0.2, 0.25) is 0 Å². The fourth-order valence-corrected chi connectivity index (χ4v) is 3.22. The Bertz CT molecular complexity index is 800. The number of hydrogen-bond donors (Lipinski definition) is 3. The highest BCUT2D eigenvalue weighted by Crippen LogP contribution is 2.21. The lowest BCUT2D eigenvalue weighted by molar-refractivity contribution is -0.135. The van der Waals surface area contributed by atoms with Crippen molar-refractivity contribution in [3.05, 3.63) is 47.9 Å². The molecule has 0 saturated carbocycles. The number of aliphatic carboxylic acids is 1. The van der Waals surface area contributed by atoms with Gasteiger partial charge in [0.2, 0.25) is 21.4 Å². The van der Waals surface area contributed by atoms with Crippen molar-refractivity contribution in [3.8, 4) is 0 Å². The van der Waals surface area contributed by atoms with E-state index in [1.54, 1.807) is 18.2 Å². The highest BCUT2D eigenvalue weighted by molar-refractivity contribution is 7.92. The van der Waals surface area contributed by atoms with Gasteiger partial charge in [-0.15, -0.1) is 0 Å². The molecule has 0 aromatic carbocycles. The summed E-state index contributed by atoms with van der Waals surface area (Å²) in [6.45, 7) is 0. The number of carbonyl (C=O) groups is 2. The predicted molar refractivity (Wildman–Crippen MR) is 75.1 cm³/mol. The average Bonchev–Trinajstić information content (AvgIpc) is 2.98. The van der Waals surface area contributed by atoms with Gasteiger partial charge in [-0.25, -0.2) is 13.2 Å². The molecule has 8 nitrogen and oxygen atoms in total. The van der Waals surface area contributed by atoms with E-state index >= 15 is 0 Å². The molecule has 1 aromatic rings. The molecular weight excluding hydrogens is 312 g/mol. The van der Waals surface area contributed by atoms with Crippen LogP contribution in [0.4, 0.5) is 0 Å². The lowest BCUT2D eigenvalue weighted by Gasteiger charge is -2.12. The number of hydrogen-bond acceptors (Lipinski definition) is 6. The van der Waals surface area contributed by atoms with Crippen LogP contribution in [-0.2, 0) is 14.6 Å². The van der Waals surface area contributed by atoms with E-state index in [9.17, 15) is 18.0 Å². The molecule has 9 heteroatoms. The normalized spacial score (nSPS) is 18.4. The minimum absolute atomic E-state index is 0.246. The summed E-state index contributed by atoms with van der Waals surface area (Å²) >= 11 is 0. The van der Waals surface area contributed by atoms with Gasteiger partial charge in [-0.1, -0.05) is 24.3 Å². The second-order valence-electron chi connectivity index (χ2n) is 4.45. The Morgan fingerprint density at radius 3 is 2.64 bits per heavy atom. The zero-order valence-corrected chi connectivity index (χ0v) is 11.9. The maximum Gasteiger partial charge on any atom is 0.371 e. The van der Waals surface area contributed by atoms with E-state index in [1.807, 2.05) is 0 Å². The van der Waals surface area contributed by atoms with Gasteiger partial charge >= 0.3 is 5.97 Å². The summed E-state index contributed by atoms with van der Waals surface area (Å²) in [5.74, 6) is -3.75. The predicted octanol–water partition coefficient (Wildman–Crippen LogP) is 0.777. The summed E-state index contributed by atoms with van der Waals surface area (Å²) in [6.07, 6.45) is 7.33. The van der Waals surface area contributed by atoms with Crippen LogP contribution in [0.15, 0.2) is 47.2 Å². The lowest BCUT2D eigenvalue weighted by atomic mass is 10.2. The Balaban J connectivity index is 2.26. The fourth-order valence-electron chi connectivity index (χ4n) is 1.79. The molecule has 1 aromatic heterocycles. The molecule has 1 unspecified atom stereocenters. The molecule has 3 N–H and O–H groups in total. The molecule has 116 valence electrons. The minimum Gasteiger partial charge on any atom is -0.502 e. The van der Waals surface area contributed by atoms with Crippen molar-refractivity contribution >= 4 is 21.6 Å². The molecular formula is C13H12N2O6S. The summed E-state index contributed by atoms with van der Waals surface area (Å²) in [7, 11) is -3.73. The van der Waals surface area contributed by atoms with Crippen molar-refractivity contribution in [2.45, 2.75) is 16.7 Å². The number of ketones is 1. The molecule has 1 aliphatic carbocycles. The molecule has 0 spiro atoms. The Hall–Kier alpha value is -2.68. The van der Waals surface area contributed by atoms with Crippen LogP contribution in [0.25, 0.3) is 0 Å². The van der Waals surface area contributed by atoms with Gasteiger partial charge in [-0.05, 0) is 6.42 Å². The second-order valence-corrected chi connectivity index (χ2v) is 6.58. The standard InChI is InChI=1S/C13H12N2O6S/c16-10(7-11(17)13(18)19)9-6-12(15-14-9)22(20,21)8-4-2-1-3-5-8/h1-4,6-8,17H,5H2,(H,14,15)(H,18,19). The number of sulfone groups is 1. The largest absolute Gasteiger partial charge is 0.502 e. The van der Waals surface area contributed by atoms with Gasteiger partial charge in [0.1, 0.15) is 5.69 Å². The molecule has 1 aliphatic rings. The van der Waals surface area contributed by atoms with E-state index in [-0.39, 0.29) is 10.7 Å². The van der Waals surface area contributed by atoms with Crippen molar-refractivity contribution in [2.24, 2.45) is 0 Å². The van der Waals surface area contributed by atoms with Crippen LogP contribution in [0.1, 0.15) is 16.9 Å². The number of allylic oxidation sites excluding steroid dienone is 4. The van der Waals surface area contributed by atoms with Gasteiger partial charge < -0.3 is 10.2 Å². The maximum atomic E-state index is 12.3. The molecule has 0 amide bonds. The van der Waals surface area contributed by atoms with Crippen molar-refractivity contribution in [3.63, 3.8) is 0 Å². The third-order valence-corrected chi connectivity index (χ3v) is 4.91. The average molecular weight is 324 g/mol. The topological polar surface area (TPSA) is 137 Å². The maximum absolute atomic E-state index is 12.3. The summed E-state index contributed by atoms with van der Waals surface area (Å²) in [5, 5.41) is 22.3. The minimum atomic E-state index is -3.73. The fraction of sp³-hybridized carbons (Fsp3) is 0.154. The molecule has 1 atom stereocenters. The molecule has 2 rings (SSSR count). The Labute approximate surface area is 125 Å². The van der Waals surface area contributed by atoms with Crippen molar-refractivity contribution in [2.75, 3.05) is 0 Å². The number of aliphatic hydroxyl groups is 1. The van der Waals surface area contributed by atoms with E-state index in [0.717, 1.165) is 6.07 Å². The molecule has 0 bridgehead atoms. The van der Waals surface area contributed by atoms with Gasteiger partial charge in [0, 0.05) is 12.1 Å². The van der Waals surface area contributed by atoms with Crippen molar-refractivity contribution < 1.29 is 28.2 Å². The third-order valence-electron chi connectivity index (χ3n) is 2.94. The SMILES string of the molecule is O=C(O)C(O)=CC(=O)c1cc(S(=O)(=O)C2C=CC=CC2)[nH]n1. The smallest absolute Gasteiger partial charge is 0.371 e. The van der Waals surface area contributed by atoms with Crippen LogP contribution in [0.3, 0.4) is 0 Å². The van der Waals surface area contributed by atoms with E-state index < -0.39 is 32.6 Å². The van der Waals surface area contributed by atoms with E-state index in [2.05, 4.69) is 10.2 Å². The van der Waals surface area contributed by atoms with E-state index in [4.69, 9.17) is 10.2 Å². The van der Waals surface area contributed by atoms with Crippen LogP contribution < -0.4 is 0 Å². The molecule has 0 aliphatic heterocycles. The zero-order valence-electron chi connectivity index (χ0n) is 11.1. The number of carboxylic acid groups (broad SMARTS) is 1. The Morgan fingerprint density at radius 1 is 1.32 bits per heavy atom. The molecule has 0 radical (unpaired) electrons. The van der Waals surface area contributed by atoms with Crippen LogP contribution in [0, 0.1) is 0 Å². The highest BCUT2D eigenvalue weighted by atomic mass is 32.2. The number of H-pyrrole nitrogens is 1. The first kappa shape index (κ1) is 15.7. The highest BCUT2D eigenvalue weighted by Gasteiger charge is 2.28. The van der Waals surface area contributed by atoms with Crippen LogP contribution in [-0.4, -0.2) is 45.8 Å². The Morgan fingerprint density at radius 2 is 2.05 bits per heavy atom. The number of nitrogens with zero attached hydrogens (tertiary/aromatic N) is 1. The summed E-state index contributed by atoms with van der Waals surface area (Å²) in [5.41, 5.74) is -0.304. The van der Waals surface area contributed by atoms with Crippen molar-refractivity contribution in [1.82, 2.24) is 10.2 Å². The van der Waals surface area contributed by atoms with Crippen LogP contribution in [0.5, 0.6) is 0 Å². The number of nitrogens with one attached hydrogen (secondary N) is 1. The second kappa shape index (κ2) is 5.98. The van der Waals surface area contributed by atoms with E-state index in [1.165, 1.54) is 6.08 Å². The van der Waals surface area contributed by atoms with Crippen molar-refractivity contribution in [1.29, 1.82) is 0 Å². The first-order valence-corrected chi connectivity index (χ1v) is 7.68.